The molecule has 120 valence electrons. The van der Waals surface area contributed by atoms with Crippen molar-refractivity contribution in [1.29, 1.82) is 0 Å². The predicted octanol–water partition coefficient (Wildman–Crippen LogP) is 2.83. The molecule has 2 aromatic rings. The second kappa shape index (κ2) is 7.18. The van der Waals surface area contributed by atoms with E-state index in [9.17, 15) is 0 Å². The summed E-state index contributed by atoms with van der Waals surface area (Å²) >= 11 is 0. The highest BCUT2D eigenvalue weighted by molar-refractivity contribution is 5.80. The number of hydrogen-bond acceptors (Lipinski definition) is 2. The summed E-state index contributed by atoms with van der Waals surface area (Å²) in [6.07, 6.45) is 1.06. The number of hydrogen-bond donors (Lipinski definition) is 1. The highest BCUT2D eigenvalue weighted by Crippen LogP contribution is 2.19. The molecule has 0 spiro atoms. The molecule has 4 heteroatoms. The first-order valence-electron chi connectivity index (χ1n) is 7.96. The van der Waals surface area contributed by atoms with Gasteiger partial charge in [0.1, 0.15) is 5.75 Å². The highest BCUT2D eigenvalue weighted by atomic mass is 16.5. The lowest BCUT2D eigenvalue weighted by atomic mass is 10.0. The Balaban J connectivity index is 1.67. The molecule has 1 heterocycles. The van der Waals surface area contributed by atoms with E-state index in [1.807, 2.05) is 25.2 Å². The summed E-state index contributed by atoms with van der Waals surface area (Å²) in [5, 5.41) is 3.46. The van der Waals surface area contributed by atoms with Crippen LogP contribution in [0.3, 0.4) is 0 Å². The predicted molar refractivity (Wildman–Crippen MR) is 93.7 cm³/mol. The molecule has 4 nitrogen and oxygen atoms in total. The standard InChI is InChI=1S/C19H23N3O/c1-20-19(21-13-16-8-5-6-10-18(16)23-2)22-12-11-15-7-3-4-9-17(15)14-22/h3-10H,11-14H2,1-2H3,(H,20,21). The van der Waals surface area contributed by atoms with Gasteiger partial charge in [0, 0.05) is 32.2 Å². The van der Waals surface area contributed by atoms with Crippen LogP contribution >= 0.6 is 0 Å². The molecule has 1 aliphatic rings. The van der Waals surface area contributed by atoms with Crippen molar-refractivity contribution in [3.05, 3.63) is 65.2 Å². The van der Waals surface area contributed by atoms with Crippen LogP contribution in [0.2, 0.25) is 0 Å². The Hall–Kier alpha value is -2.49. The largest absolute Gasteiger partial charge is 0.496 e. The van der Waals surface area contributed by atoms with E-state index in [4.69, 9.17) is 4.74 Å². The number of aliphatic imine (C=N–C) groups is 1. The van der Waals surface area contributed by atoms with Gasteiger partial charge in [-0.2, -0.15) is 0 Å². The molecular formula is C19H23N3O. The molecule has 2 aromatic carbocycles. The van der Waals surface area contributed by atoms with Gasteiger partial charge in [-0.3, -0.25) is 4.99 Å². The Bertz CT molecular complexity index is 697. The van der Waals surface area contributed by atoms with Gasteiger partial charge in [-0.25, -0.2) is 0 Å². The van der Waals surface area contributed by atoms with Gasteiger partial charge in [-0.1, -0.05) is 42.5 Å². The zero-order valence-corrected chi connectivity index (χ0v) is 13.7. The minimum atomic E-state index is 0.703. The maximum absolute atomic E-state index is 5.41. The Labute approximate surface area is 137 Å². The number of fused-ring (bicyclic) bond motifs is 1. The lowest BCUT2D eigenvalue weighted by molar-refractivity contribution is 0.377. The SMILES string of the molecule is CN=C(NCc1ccccc1OC)N1CCc2ccccc2C1. The number of benzene rings is 2. The quantitative estimate of drug-likeness (QED) is 0.700. The zero-order valence-electron chi connectivity index (χ0n) is 13.7. The molecule has 0 saturated heterocycles. The van der Waals surface area contributed by atoms with Crippen molar-refractivity contribution in [2.24, 2.45) is 4.99 Å². The molecule has 23 heavy (non-hydrogen) atoms. The van der Waals surface area contributed by atoms with Crippen molar-refractivity contribution in [1.82, 2.24) is 10.2 Å². The molecule has 0 radical (unpaired) electrons. The van der Waals surface area contributed by atoms with E-state index in [1.165, 1.54) is 11.1 Å². The van der Waals surface area contributed by atoms with E-state index in [0.29, 0.717) is 6.54 Å². The Morgan fingerprint density at radius 2 is 1.87 bits per heavy atom. The van der Waals surface area contributed by atoms with Crippen molar-refractivity contribution in [2.75, 3.05) is 20.7 Å². The van der Waals surface area contributed by atoms with Gasteiger partial charge in [0.25, 0.3) is 0 Å². The minimum Gasteiger partial charge on any atom is -0.496 e. The van der Waals surface area contributed by atoms with Crippen LogP contribution in [0.5, 0.6) is 5.75 Å². The number of para-hydroxylation sites is 1. The molecule has 0 aromatic heterocycles. The third-order valence-electron chi connectivity index (χ3n) is 4.27. The fourth-order valence-corrected chi connectivity index (χ4v) is 3.03. The van der Waals surface area contributed by atoms with Gasteiger partial charge >= 0.3 is 0 Å². The third kappa shape index (κ3) is 3.47. The van der Waals surface area contributed by atoms with Crippen molar-refractivity contribution in [2.45, 2.75) is 19.5 Å². The van der Waals surface area contributed by atoms with Crippen molar-refractivity contribution in [3.8, 4) is 5.75 Å². The van der Waals surface area contributed by atoms with Gasteiger partial charge in [0.15, 0.2) is 5.96 Å². The third-order valence-corrected chi connectivity index (χ3v) is 4.27. The molecule has 0 atom stereocenters. The van der Waals surface area contributed by atoms with Crippen LogP contribution in [0.15, 0.2) is 53.5 Å². The average molecular weight is 309 g/mol. The Morgan fingerprint density at radius 1 is 1.13 bits per heavy atom. The van der Waals surface area contributed by atoms with E-state index >= 15 is 0 Å². The van der Waals surface area contributed by atoms with Crippen LogP contribution in [0.25, 0.3) is 0 Å². The van der Waals surface area contributed by atoms with Crippen molar-refractivity contribution in [3.63, 3.8) is 0 Å². The Morgan fingerprint density at radius 3 is 2.65 bits per heavy atom. The van der Waals surface area contributed by atoms with Crippen molar-refractivity contribution >= 4 is 5.96 Å². The second-order valence-electron chi connectivity index (χ2n) is 5.65. The first kappa shape index (κ1) is 15.4. The Kier molecular flexibility index (Phi) is 4.81. The van der Waals surface area contributed by atoms with Crippen molar-refractivity contribution < 1.29 is 4.74 Å². The molecule has 0 aliphatic carbocycles. The summed E-state index contributed by atoms with van der Waals surface area (Å²) in [5.41, 5.74) is 3.97. The van der Waals surface area contributed by atoms with Crippen LogP contribution in [-0.4, -0.2) is 31.6 Å². The molecule has 0 amide bonds. The minimum absolute atomic E-state index is 0.703. The van der Waals surface area contributed by atoms with E-state index in [1.54, 1.807) is 7.11 Å². The van der Waals surface area contributed by atoms with Gasteiger partial charge in [-0.05, 0) is 23.6 Å². The summed E-state index contributed by atoms with van der Waals surface area (Å²) in [6.45, 7) is 2.60. The molecular weight excluding hydrogens is 286 g/mol. The monoisotopic (exact) mass is 309 g/mol. The molecule has 1 aliphatic heterocycles. The second-order valence-corrected chi connectivity index (χ2v) is 5.65. The van der Waals surface area contributed by atoms with Crippen LogP contribution < -0.4 is 10.1 Å². The van der Waals surface area contributed by atoms with E-state index in [-0.39, 0.29) is 0 Å². The van der Waals surface area contributed by atoms with E-state index in [0.717, 1.165) is 36.8 Å². The zero-order chi connectivity index (χ0) is 16.1. The molecule has 0 bridgehead atoms. The maximum atomic E-state index is 5.41. The van der Waals surface area contributed by atoms with Crippen LogP contribution in [0, 0.1) is 0 Å². The summed E-state index contributed by atoms with van der Waals surface area (Å²) in [5.74, 6) is 1.84. The first-order chi connectivity index (χ1) is 11.3. The number of nitrogens with zero attached hydrogens (tertiary/aromatic N) is 2. The number of methoxy groups -OCH3 is 1. The summed E-state index contributed by atoms with van der Waals surface area (Å²) in [4.78, 5) is 6.75. The van der Waals surface area contributed by atoms with E-state index in [2.05, 4.69) is 45.5 Å². The number of rotatable bonds is 3. The van der Waals surface area contributed by atoms with Crippen LogP contribution in [0.1, 0.15) is 16.7 Å². The fourth-order valence-electron chi connectivity index (χ4n) is 3.03. The molecule has 0 unspecified atom stereocenters. The number of guanidine groups is 1. The topological polar surface area (TPSA) is 36.9 Å². The van der Waals surface area contributed by atoms with Gasteiger partial charge in [0.05, 0.1) is 7.11 Å². The highest BCUT2D eigenvalue weighted by Gasteiger charge is 2.18. The maximum Gasteiger partial charge on any atom is 0.194 e. The molecule has 3 rings (SSSR count). The number of nitrogens with one attached hydrogen (secondary N) is 1. The lowest BCUT2D eigenvalue weighted by Crippen LogP contribution is -2.43. The fraction of sp³-hybridized carbons (Fsp3) is 0.316. The van der Waals surface area contributed by atoms with Crippen LogP contribution in [0.4, 0.5) is 0 Å². The number of ether oxygens (including phenoxy) is 1. The first-order valence-corrected chi connectivity index (χ1v) is 7.96. The molecule has 1 N–H and O–H groups in total. The average Bonchev–Trinajstić information content (AvgIpc) is 2.62. The van der Waals surface area contributed by atoms with Gasteiger partial charge < -0.3 is 15.0 Å². The van der Waals surface area contributed by atoms with Gasteiger partial charge in [0.2, 0.25) is 0 Å². The molecule has 0 saturated carbocycles. The summed E-state index contributed by atoms with van der Waals surface area (Å²) < 4.78 is 5.41. The van der Waals surface area contributed by atoms with Gasteiger partial charge in [-0.15, -0.1) is 0 Å². The summed E-state index contributed by atoms with van der Waals surface area (Å²) in [7, 11) is 3.54. The lowest BCUT2D eigenvalue weighted by Gasteiger charge is -2.31. The van der Waals surface area contributed by atoms with Crippen LogP contribution in [-0.2, 0) is 19.5 Å². The smallest absolute Gasteiger partial charge is 0.194 e. The molecule has 0 fully saturated rings. The normalized spacial score (nSPS) is 14.3. The summed E-state index contributed by atoms with van der Waals surface area (Å²) in [6, 6.07) is 16.7. The van der Waals surface area contributed by atoms with E-state index < -0.39 is 0 Å².